The zero-order chi connectivity index (χ0) is 20.7. The number of amidine groups is 1. The lowest BCUT2D eigenvalue weighted by Gasteiger charge is -2.25. The minimum absolute atomic E-state index is 0.0858. The average molecular weight is 391 g/mol. The topological polar surface area (TPSA) is 80.2 Å². The van der Waals surface area contributed by atoms with Crippen LogP contribution in [0.1, 0.15) is 36.7 Å². The zero-order valence-electron chi connectivity index (χ0n) is 16.5. The van der Waals surface area contributed by atoms with E-state index in [1.165, 1.54) is 6.08 Å². The van der Waals surface area contributed by atoms with Gasteiger partial charge >= 0.3 is 0 Å². The van der Waals surface area contributed by atoms with Crippen molar-refractivity contribution in [2.24, 2.45) is 4.99 Å². The zero-order valence-corrected chi connectivity index (χ0v) is 16.5. The van der Waals surface area contributed by atoms with Crippen molar-refractivity contribution in [1.82, 2.24) is 10.2 Å². The molecule has 1 heterocycles. The van der Waals surface area contributed by atoms with E-state index in [4.69, 9.17) is 9.47 Å². The number of halogens is 1. The number of fused-ring (bicyclic) bond motifs is 1. The number of alkyl halides is 1. The van der Waals surface area contributed by atoms with Gasteiger partial charge in [0.2, 0.25) is 6.41 Å². The summed E-state index contributed by atoms with van der Waals surface area (Å²) in [6.45, 7) is 4.78. The van der Waals surface area contributed by atoms with E-state index in [2.05, 4.69) is 10.3 Å². The molecule has 2 rings (SSSR count). The smallest absolute Gasteiger partial charge is 0.256 e. The first-order valence-corrected chi connectivity index (χ1v) is 9.08. The van der Waals surface area contributed by atoms with Crippen LogP contribution in [0.3, 0.4) is 0 Å². The highest BCUT2D eigenvalue weighted by Crippen LogP contribution is 2.29. The number of aliphatic imine (C=N–C) groups is 1. The third-order valence-corrected chi connectivity index (χ3v) is 4.28. The summed E-state index contributed by atoms with van der Waals surface area (Å²) in [6, 6.07) is 5.20. The van der Waals surface area contributed by atoms with Crippen molar-refractivity contribution in [3.63, 3.8) is 0 Å². The SMILES string of the molecule is CC1Cc2cc(C(=O)NC(/C=C\N(C)C(C)OC(C)CF)=NC=O)ccc2O1. The number of carbonyl (C=O) groups excluding carboxylic acids is 2. The standard InChI is InChI=1S/C20H26FN3O4/c1-13-9-17-10-16(5-6-18(17)28-13)20(26)23-19(22-12-25)7-8-24(4)15(3)27-14(2)11-21/h5-8,10,12-15H,9,11H2,1-4H3,(H,22,23,25,26)/b8-7-. The van der Waals surface area contributed by atoms with E-state index in [0.717, 1.165) is 17.7 Å². The molecule has 0 saturated heterocycles. The summed E-state index contributed by atoms with van der Waals surface area (Å²) in [5.74, 6) is 0.483. The van der Waals surface area contributed by atoms with Crippen molar-refractivity contribution in [2.45, 2.75) is 45.6 Å². The molecular weight excluding hydrogens is 365 g/mol. The Balaban J connectivity index is 2.02. The van der Waals surface area contributed by atoms with Crippen molar-refractivity contribution >= 4 is 18.2 Å². The predicted octanol–water partition coefficient (Wildman–Crippen LogP) is 2.46. The van der Waals surface area contributed by atoms with E-state index in [1.54, 1.807) is 50.2 Å². The highest BCUT2D eigenvalue weighted by Gasteiger charge is 2.20. The molecule has 3 unspecified atom stereocenters. The minimum atomic E-state index is -0.583. The Kier molecular flexibility index (Phi) is 7.69. The second-order valence-electron chi connectivity index (χ2n) is 6.71. The van der Waals surface area contributed by atoms with Crippen molar-refractivity contribution in [3.05, 3.63) is 41.6 Å². The Morgan fingerprint density at radius 3 is 2.93 bits per heavy atom. The van der Waals surface area contributed by atoms with Crippen LogP contribution < -0.4 is 10.1 Å². The number of hydrogen-bond acceptors (Lipinski definition) is 5. The molecule has 7 nitrogen and oxygen atoms in total. The van der Waals surface area contributed by atoms with Gasteiger partial charge in [-0.2, -0.15) is 4.99 Å². The maximum absolute atomic E-state index is 12.6. The third-order valence-electron chi connectivity index (χ3n) is 4.28. The van der Waals surface area contributed by atoms with Gasteiger partial charge in [-0.15, -0.1) is 0 Å². The third kappa shape index (κ3) is 5.88. The van der Waals surface area contributed by atoms with E-state index in [9.17, 15) is 14.0 Å². The molecule has 1 aromatic rings. The molecule has 28 heavy (non-hydrogen) atoms. The number of ether oxygens (including phenoxy) is 2. The van der Waals surface area contributed by atoms with Gasteiger partial charge in [0, 0.05) is 25.2 Å². The van der Waals surface area contributed by atoms with Crippen LogP contribution in [0.4, 0.5) is 4.39 Å². The summed E-state index contributed by atoms with van der Waals surface area (Å²) in [5.41, 5.74) is 1.42. The molecule has 0 bridgehead atoms. The molecule has 1 aliphatic heterocycles. The fourth-order valence-corrected chi connectivity index (χ4v) is 2.70. The first-order valence-electron chi connectivity index (χ1n) is 9.08. The molecule has 1 aromatic carbocycles. The number of carbonyl (C=O) groups is 2. The van der Waals surface area contributed by atoms with Gasteiger partial charge in [-0.05, 0) is 50.6 Å². The van der Waals surface area contributed by atoms with Crippen LogP contribution in [0, 0.1) is 0 Å². The van der Waals surface area contributed by atoms with E-state index in [-0.39, 0.29) is 17.8 Å². The number of nitrogens with one attached hydrogen (secondary N) is 1. The van der Waals surface area contributed by atoms with Crippen LogP contribution in [-0.4, -0.2) is 55.2 Å². The molecule has 3 atom stereocenters. The largest absolute Gasteiger partial charge is 0.490 e. The number of nitrogens with zero attached hydrogens (tertiary/aromatic N) is 2. The van der Waals surface area contributed by atoms with Crippen LogP contribution in [0.2, 0.25) is 0 Å². The van der Waals surface area contributed by atoms with Crippen LogP contribution in [-0.2, 0) is 16.0 Å². The summed E-state index contributed by atoms with van der Waals surface area (Å²) in [6.07, 6.45) is 3.33. The summed E-state index contributed by atoms with van der Waals surface area (Å²) in [5, 5.41) is 2.61. The second-order valence-corrected chi connectivity index (χ2v) is 6.71. The fourth-order valence-electron chi connectivity index (χ4n) is 2.70. The first kappa shape index (κ1) is 21.6. The number of amides is 2. The number of rotatable bonds is 8. The second kappa shape index (κ2) is 9.98. The molecule has 0 radical (unpaired) electrons. The molecule has 152 valence electrons. The highest BCUT2D eigenvalue weighted by molar-refractivity contribution is 6.11. The summed E-state index contributed by atoms with van der Waals surface area (Å²) in [7, 11) is 1.73. The van der Waals surface area contributed by atoms with Crippen molar-refractivity contribution in [2.75, 3.05) is 13.7 Å². The van der Waals surface area contributed by atoms with Gasteiger partial charge in [0.15, 0.2) is 0 Å². The Labute approximate surface area is 164 Å². The van der Waals surface area contributed by atoms with Crippen molar-refractivity contribution < 1.29 is 23.5 Å². The molecule has 0 fully saturated rings. The molecule has 0 saturated carbocycles. The lowest BCUT2D eigenvalue weighted by Crippen LogP contribution is -2.32. The number of benzene rings is 1. The van der Waals surface area contributed by atoms with Crippen LogP contribution in [0.5, 0.6) is 5.75 Å². The van der Waals surface area contributed by atoms with Crippen molar-refractivity contribution in [1.29, 1.82) is 0 Å². The van der Waals surface area contributed by atoms with E-state index < -0.39 is 19.0 Å². The van der Waals surface area contributed by atoms with Gasteiger partial charge in [0.1, 0.15) is 30.6 Å². The quantitative estimate of drug-likeness (QED) is 0.319. The Morgan fingerprint density at radius 1 is 1.50 bits per heavy atom. The lowest BCUT2D eigenvalue weighted by molar-refractivity contribution is -0.106. The maximum atomic E-state index is 12.6. The van der Waals surface area contributed by atoms with E-state index >= 15 is 0 Å². The van der Waals surface area contributed by atoms with Gasteiger partial charge in [-0.1, -0.05) is 0 Å². The summed E-state index contributed by atoms with van der Waals surface area (Å²) >= 11 is 0. The molecular formula is C20H26FN3O4. The van der Waals surface area contributed by atoms with Crippen LogP contribution in [0.25, 0.3) is 0 Å². The Hall–Kier alpha value is -2.74. The van der Waals surface area contributed by atoms with E-state index in [1.807, 2.05) is 6.92 Å². The van der Waals surface area contributed by atoms with Gasteiger partial charge in [0.25, 0.3) is 5.91 Å². The first-order chi connectivity index (χ1) is 13.3. The van der Waals surface area contributed by atoms with Gasteiger partial charge in [-0.25, -0.2) is 4.39 Å². The average Bonchev–Trinajstić information content (AvgIpc) is 3.04. The van der Waals surface area contributed by atoms with Gasteiger partial charge in [-0.3, -0.25) is 9.59 Å². The molecule has 1 N–H and O–H groups in total. The molecule has 8 heteroatoms. The monoisotopic (exact) mass is 391 g/mol. The lowest BCUT2D eigenvalue weighted by atomic mass is 10.1. The Bertz CT molecular complexity index is 766. The van der Waals surface area contributed by atoms with E-state index in [0.29, 0.717) is 12.0 Å². The summed E-state index contributed by atoms with van der Waals surface area (Å²) in [4.78, 5) is 28.6. The molecule has 0 aromatic heterocycles. The normalized spacial score (nSPS) is 18.3. The molecule has 0 aliphatic carbocycles. The summed E-state index contributed by atoms with van der Waals surface area (Å²) < 4.78 is 23.6. The van der Waals surface area contributed by atoms with Crippen LogP contribution in [0.15, 0.2) is 35.5 Å². The molecule has 2 amide bonds. The predicted molar refractivity (Wildman–Crippen MR) is 104 cm³/mol. The molecule has 1 aliphatic rings. The fraction of sp³-hybridized carbons (Fsp3) is 0.450. The highest BCUT2D eigenvalue weighted by atomic mass is 19.1. The molecule has 0 spiro atoms. The number of hydrogen-bond donors (Lipinski definition) is 1. The van der Waals surface area contributed by atoms with Crippen molar-refractivity contribution in [3.8, 4) is 5.75 Å². The van der Waals surface area contributed by atoms with Crippen LogP contribution >= 0.6 is 0 Å². The minimum Gasteiger partial charge on any atom is -0.490 e. The Morgan fingerprint density at radius 2 is 2.25 bits per heavy atom. The van der Waals surface area contributed by atoms with Gasteiger partial charge in [0.05, 0.1) is 6.10 Å². The maximum Gasteiger partial charge on any atom is 0.256 e. The van der Waals surface area contributed by atoms with Gasteiger partial charge < -0.3 is 19.7 Å².